The summed E-state index contributed by atoms with van der Waals surface area (Å²) in [6.45, 7) is 25.8. The van der Waals surface area contributed by atoms with Gasteiger partial charge in [-0.1, -0.05) is 55.4 Å². The Morgan fingerprint density at radius 1 is 0.633 bits per heavy atom. The van der Waals surface area contributed by atoms with Gasteiger partial charge >= 0.3 is 11.9 Å². The normalized spacial score (nSPS) is 14.4. The highest BCUT2D eigenvalue weighted by atomic mass is 16.4. The SMILES string of the molecule is CCC(C)(C)N[C@@H](CCCCNC(=O)C(C)(C)CC(C)(C)NC(=O)CC[C@H](NC(=O)C(C)(C)CC(C)(C)C(=O)O)C(=O)O)C(=O)C(C)(C)C. The zero-order chi connectivity index (χ0) is 38.8. The van der Waals surface area contributed by atoms with E-state index in [1.54, 1.807) is 41.5 Å². The average molecular weight is 697 g/mol. The average Bonchev–Trinajstić information content (AvgIpc) is 2.91. The second kappa shape index (κ2) is 17.8. The van der Waals surface area contributed by atoms with Crippen LogP contribution in [-0.4, -0.2) is 75.4 Å². The Morgan fingerprint density at radius 2 is 1.16 bits per heavy atom. The number of carbonyl (C=O) groups excluding carboxylic acids is 4. The van der Waals surface area contributed by atoms with E-state index in [2.05, 4.69) is 42.0 Å². The third-order valence-electron chi connectivity index (χ3n) is 9.03. The summed E-state index contributed by atoms with van der Waals surface area (Å²) in [6, 6.07) is -1.61. The van der Waals surface area contributed by atoms with E-state index >= 15 is 0 Å². The van der Waals surface area contributed by atoms with Crippen LogP contribution in [0.15, 0.2) is 0 Å². The molecule has 0 saturated carbocycles. The van der Waals surface area contributed by atoms with Crippen molar-refractivity contribution < 1.29 is 39.0 Å². The number of hydrogen-bond acceptors (Lipinski definition) is 7. The van der Waals surface area contributed by atoms with Gasteiger partial charge in [0.1, 0.15) is 6.04 Å². The van der Waals surface area contributed by atoms with Crippen molar-refractivity contribution in [2.45, 2.75) is 171 Å². The monoisotopic (exact) mass is 697 g/mol. The molecule has 0 aliphatic rings. The zero-order valence-corrected chi connectivity index (χ0v) is 32.9. The van der Waals surface area contributed by atoms with E-state index in [1.165, 1.54) is 13.8 Å². The number of nitrogens with one attached hydrogen (secondary N) is 4. The first-order chi connectivity index (χ1) is 21.9. The van der Waals surface area contributed by atoms with Gasteiger partial charge in [-0.2, -0.15) is 0 Å². The maximum atomic E-state index is 13.2. The molecule has 0 spiro atoms. The third-order valence-corrected chi connectivity index (χ3v) is 9.03. The molecular formula is C37H68N4O8. The minimum absolute atomic E-state index is 0.0144. The number of unbranched alkanes of at least 4 members (excludes halogenated alkanes) is 1. The highest BCUT2D eigenvalue weighted by Crippen LogP contribution is 2.34. The van der Waals surface area contributed by atoms with Gasteiger partial charge in [0.05, 0.1) is 11.5 Å². The van der Waals surface area contributed by atoms with E-state index in [0.29, 0.717) is 25.8 Å². The first-order valence-electron chi connectivity index (χ1n) is 17.6. The Labute approximate surface area is 295 Å². The van der Waals surface area contributed by atoms with Gasteiger partial charge in [-0.3, -0.25) is 24.0 Å². The summed E-state index contributed by atoms with van der Waals surface area (Å²) >= 11 is 0. The van der Waals surface area contributed by atoms with Crippen molar-refractivity contribution in [1.82, 2.24) is 21.3 Å². The first kappa shape index (κ1) is 46.0. The van der Waals surface area contributed by atoms with Gasteiger partial charge in [-0.25, -0.2) is 4.79 Å². The summed E-state index contributed by atoms with van der Waals surface area (Å²) in [7, 11) is 0. The first-order valence-corrected chi connectivity index (χ1v) is 17.6. The van der Waals surface area contributed by atoms with Crippen LogP contribution in [0.1, 0.15) is 148 Å². The van der Waals surface area contributed by atoms with Crippen LogP contribution >= 0.6 is 0 Å². The highest BCUT2D eigenvalue weighted by molar-refractivity contribution is 5.89. The Morgan fingerprint density at radius 3 is 1.63 bits per heavy atom. The smallest absolute Gasteiger partial charge is 0.326 e. The number of amides is 3. The lowest BCUT2D eigenvalue weighted by atomic mass is 9.74. The van der Waals surface area contributed by atoms with Gasteiger partial charge in [0, 0.05) is 40.3 Å². The number of carboxylic acids is 2. The lowest BCUT2D eigenvalue weighted by Crippen LogP contribution is -2.52. The summed E-state index contributed by atoms with van der Waals surface area (Å²) in [5, 5.41) is 31.0. The van der Waals surface area contributed by atoms with Crippen LogP contribution in [0.25, 0.3) is 0 Å². The largest absolute Gasteiger partial charge is 0.481 e. The van der Waals surface area contributed by atoms with Gasteiger partial charge < -0.3 is 31.5 Å². The van der Waals surface area contributed by atoms with Crippen molar-refractivity contribution >= 4 is 35.4 Å². The fourth-order valence-electron chi connectivity index (χ4n) is 6.10. The quantitative estimate of drug-likeness (QED) is 0.0824. The maximum Gasteiger partial charge on any atom is 0.326 e. The fraction of sp³-hybridized carbons (Fsp3) is 0.838. The Bertz CT molecular complexity index is 1180. The van der Waals surface area contributed by atoms with E-state index in [1.807, 2.05) is 20.8 Å². The van der Waals surface area contributed by atoms with Gasteiger partial charge in [0.25, 0.3) is 0 Å². The molecule has 12 nitrogen and oxygen atoms in total. The van der Waals surface area contributed by atoms with Crippen molar-refractivity contribution in [2.24, 2.45) is 21.7 Å². The highest BCUT2D eigenvalue weighted by Gasteiger charge is 2.41. The zero-order valence-electron chi connectivity index (χ0n) is 32.9. The number of Topliss-reactive ketones (excluding diaryl/α,β-unsaturated/α-hetero) is 1. The molecule has 0 unspecified atom stereocenters. The van der Waals surface area contributed by atoms with Gasteiger partial charge in [-0.05, 0) is 86.5 Å². The van der Waals surface area contributed by atoms with E-state index in [9.17, 15) is 39.0 Å². The number of carbonyl (C=O) groups is 6. The van der Waals surface area contributed by atoms with Crippen molar-refractivity contribution in [1.29, 1.82) is 0 Å². The predicted octanol–water partition coefficient (Wildman–Crippen LogP) is 5.22. The Hall–Kier alpha value is -3.02. The van der Waals surface area contributed by atoms with Crippen LogP contribution in [0.2, 0.25) is 0 Å². The van der Waals surface area contributed by atoms with Gasteiger partial charge in [-0.15, -0.1) is 0 Å². The minimum atomic E-state index is -1.34. The van der Waals surface area contributed by atoms with Crippen LogP contribution in [0.4, 0.5) is 0 Å². The van der Waals surface area contributed by atoms with Crippen LogP contribution in [0.3, 0.4) is 0 Å². The summed E-state index contributed by atoms with van der Waals surface area (Å²) in [5.74, 6) is -3.39. The molecule has 0 saturated heterocycles. The summed E-state index contributed by atoms with van der Waals surface area (Å²) in [4.78, 5) is 75.5. The molecule has 0 aliphatic heterocycles. The summed E-state index contributed by atoms with van der Waals surface area (Å²) in [5.41, 5.74) is -4.63. The van der Waals surface area contributed by atoms with Crippen molar-refractivity contribution in [3.05, 3.63) is 0 Å². The molecule has 0 aromatic carbocycles. The van der Waals surface area contributed by atoms with E-state index in [0.717, 1.165) is 12.8 Å². The molecular weight excluding hydrogens is 628 g/mol. The second-order valence-corrected chi connectivity index (χ2v) is 17.9. The molecule has 0 bridgehead atoms. The molecule has 0 aliphatic carbocycles. The van der Waals surface area contributed by atoms with Crippen molar-refractivity contribution in [3.63, 3.8) is 0 Å². The summed E-state index contributed by atoms with van der Waals surface area (Å²) in [6.07, 6.45) is 2.97. The Balaban J connectivity index is 5.09. The van der Waals surface area contributed by atoms with Gasteiger partial charge in [0.2, 0.25) is 17.7 Å². The number of ketones is 1. The molecule has 0 aromatic rings. The number of carboxylic acid groups (broad SMARTS) is 2. The molecule has 0 aromatic heterocycles. The number of aliphatic carboxylic acids is 2. The second-order valence-electron chi connectivity index (χ2n) is 17.9. The van der Waals surface area contributed by atoms with Crippen LogP contribution in [-0.2, 0) is 28.8 Å². The molecule has 0 fully saturated rings. The number of rotatable bonds is 22. The van der Waals surface area contributed by atoms with Crippen LogP contribution < -0.4 is 21.3 Å². The minimum Gasteiger partial charge on any atom is -0.481 e. The standard InChI is InChI=1S/C37H68N4O8/c1-15-36(11,12)40-24(27(43)32(2,3)4)18-16-17-21-38-29(46)34(7,8)23-37(13,14)41-26(42)20-19-25(28(44)45)39-30(47)33(5,6)22-35(9,10)31(48)49/h24-25,40H,15-23H2,1-14H3,(H,38,46)(H,39,47)(H,41,42)(H,44,45)(H,48,49)/t24-,25-/m0/s1. The summed E-state index contributed by atoms with van der Waals surface area (Å²) < 4.78 is 0. The van der Waals surface area contributed by atoms with Crippen LogP contribution in [0, 0.1) is 21.7 Å². The van der Waals surface area contributed by atoms with Crippen LogP contribution in [0.5, 0.6) is 0 Å². The molecule has 49 heavy (non-hydrogen) atoms. The Kier molecular flexibility index (Phi) is 16.7. The third kappa shape index (κ3) is 16.5. The van der Waals surface area contributed by atoms with Crippen molar-refractivity contribution in [3.8, 4) is 0 Å². The van der Waals surface area contributed by atoms with E-state index < -0.39 is 57.0 Å². The van der Waals surface area contributed by atoms with Crippen molar-refractivity contribution in [2.75, 3.05) is 6.54 Å². The molecule has 0 radical (unpaired) electrons. The maximum absolute atomic E-state index is 13.2. The molecule has 2 atom stereocenters. The molecule has 6 N–H and O–H groups in total. The molecule has 0 heterocycles. The lowest BCUT2D eigenvalue weighted by molar-refractivity contribution is -0.151. The van der Waals surface area contributed by atoms with E-state index in [4.69, 9.17) is 0 Å². The van der Waals surface area contributed by atoms with E-state index in [-0.39, 0.29) is 42.5 Å². The molecule has 12 heteroatoms. The molecule has 0 rings (SSSR count). The topological polar surface area (TPSA) is 191 Å². The number of hydrogen-bond donors (Lipinski definition) is 6. The molecule has 284 valence electrons. The van der Waals surface area contributed by atoms with Gasteiger partial charge in [0.15, 0.2) is 5.78 Å². The predicted molar refractivity (Wildman–Crippen MR) is 192 cm³/mol. The molecule has 3 amide bonds. The fourth-order valence-corrected chi connectivity index (χ4v) is 6.10. The lowest BCUT2D eigenvalue weighted by Gasteiger charge is -2.35.